The molecule has 1 aliphatic rings. The van der Waals surface area contributed by atoms with Crippen LogP contribution in [0.15, 0.2) is 36.0 Å². The van der Waals surface area contributed by atoms with Crippen LogP contribution >= 0.6 is 0 Å². The second-order valence-corrected chi connectivity index (χ2v) is 4.93. The average Bonchev–Trinajstić information content (AvgIpc) is 2.41. The highest BCUT2D eigenvalue weighted by Crippen LogP contribution is 2.29. The molecule has 1 amide bonds. The van der Waals surface area contributed by atoms with Crippen LogP contribution in [0.4, 0.5) is 0 Å². The van der Waals surface area contributed by atoms with Crippen molar-refractivity contribution in [1.29, 1.82) is 0 Å². The summed E-state index contributed by atoms with van der Waals surface area (Å²) in [5.74, 6) is 0.0446. The van der Waals surface area contributed by atoms with Gasteiger partial charge in [0.1, 0.15) is 6.10 Å². The van der Waals surface area contributed by atoms with Crippen molar-refractivity contribution < 1.29 is 9.53 Å². The van der Waals surface area contributed by atoms with Gasteiger partial charge in [0.2, 0.25) is 0 Å². The minimum atomic E-state index is -0.0899. The van der Waals surface area contributed by atoms with Crippen molar-refractivity contribution in [3.8, 4) is 0 Å². The van der Waals surface area contributed by atoms with E-state index in [2.05, 4.69) is 0 Å². The van der Waals surface area contributed by atoms with Gasteiger partial charge in [0, 0.05) is 28.3 Å². The lowest BCUT2D eigenvalue weighted by atomic mass is 9.95. The molecule has 1 unspecified atom stereocenters. The van der Waals surface area contributed by atoms with E-state index >= 15 is 0 Å². The van der Waals surface area contributed by atoms with Gasteiger partial charge in [-0.15, -0.1) is 0 Å². The Hall–Kier alpha value is -1.81. The molecule has 2 rings (SSSR count). The highest BCUT2D eigenvalue weighted by Gasteiger charge is 2.33. The number of hydrogen-bond acceptors (Lipinski definition) is 3. The van der Waals surface area contributed by atoms with Crippen LogP contribution in [-0.2, 0) is 9.53 Å². The summed E-state index contributed by atoms with van der Waals surface area (Å²) in [5.41, 5.74) is 2.60. The van der Waals surface area contributed by atoms with E-state index in [0.29, 0.717) is 6.54 Å². The molecule has 1 aliphatic heterocycles. The number of rotatable bonds is 3. The Kier molecular flexibility index (Phi) is 3.90. The smallest absolute Gasteiger partial charge is 0.256 e. The van der Waals surface area contributed by atoms with Gasteiger partial charge in [-0.3, -0.25) is 4.79 Å². The van der Waals surface area contributed by atoms with Crippen molar-refractivity contribution in [3.63, 3.8) is 0 Å². The zero-order chi connectivity index (χ0) is 14.0. The summed E-state index contributed by atoms with van der Waals surface area (Å²) < 4.78 is 5.54. The van der Waals surface area contributed by atoms with Gasteiger partial charge in [0.05, 0.1) is 17.8 Å². The van der Waals surface area contributed by atoms with Gasteiger partial charge in [-0.05, 0) is 5.56 Å². The Morgan fingerprint density at radius 2 is 1.89 bits per heavy atom. The maximum Gasteiger partial charge on any atom is 0.256 e. The molecule has 0 N–H and O–H groups in total. The van der Waals surface area contributed by atoms with Gasteiger partial charge >= 0.3 is 0 Å². The molecule has 1 atom stereocenters. The van der Waals surface area contributed by atoms with E-state index in [1.54, 1.807) is 12.0 Å². The fourth-order valence-corrected chi connectivity index (χ4v) is 2.45. The lowest BCUT2D eigenvalue weighted by Gasteiger charge is -2.36. The highest BCUT2D eigenvalue weighted by atomic mass is 16.5. The third kappa shape index (κ3) is 2.49. The maximum absolute atomic E-state index is 12.5. The summed E-state index contributed by atoms with van der Waals surface area (Å²) in [7, 11) is 7.38. The molecule has 0 saturated carbocycles. The van der Waals surface area contributed by atoms with Gasteiger partial charge < -0.3 is 14.5 Å². The third-order valence-electron chi connectivity index (χ3n) is 3.39. The number of carbonyl (C=O) groups excluding carboxylic acids is 1. The first-order valence-corrected chi connectivity index (χ1v) is 6.31. The second-order valence-electron chi connectivity index (χ2n) is 4.93. The first-order chi connectivity index (χ1) is 9.06. The van der Waals surface area contributed by atoms with Crippen LogP contribution in [0.1, 0.15) is 5.56 Å². The van der Waals surface area contributed by atoms with Crippen LogP contribution in [0.3, 0.4) is 0 Å². The fourth-order valence-electron chi connectivity index (χ4n) is 2.45. The molecule has 1 aromatic carbocycles. The Morgan fingerprint density at radius 1 is 1.26 bits per heavy atom. The molecular formula is C15H20N2O2. The lowest BCUT2D eigenvalue weighted by Crippen LogP contribution is -2.45. The zero-order valence-corrected chi connectivity index (χ0v) is 11.9. The molecule has 0 fully saturated rings. The van der Waals surface area contributed by atoms with E-state index in [0.717, 1.165) is 16.8 Å². The van der Waals surface area contributed by atoms with Crippen LogP contribution in [0.5, 0.6) is 0 Å². The number of methoxy groups -OCH3 is 1. The van der Waals surface area contributed by atoms with Crippen molar-refractivity contribution in [1.82, 2.24) is 9.80 Å². The average molecular weight is 260 g/mol. The molecular weight excluding hydrogens is 240 g/mol. The van der Waals surface area contributed by atoms with Crippen molar-refractivity contribution in [2.24, 2.45) is 0 Å². The predicted octanol–water partition coefficient (Wildman–Crippen LogP) is 1.45. The maximum atomic E-state index is 12.5. The fraction of sp³-hybridized carbons (Fsp3) is 0.400. The third-order valence-corrected chi connectivity index (χ3v) is 3.39. The number of benzene rings is 1. The number of amides is 1. The molecule has 0 aromatic heterocycles. The van der Waals surface area contributed by atoms with E-state index in [-0.39, 0.29) is 12.0 Å². The summed E-state index contributed by atoms with van der Waals surface area (Å²) >= 11 is 0. The lowest BCUT2D eigenvalue weighted by molar-refractivity contribution is -0.126. The standard InChI is InChI=1S/C15H20N2O2/c1-16(2)14-12(19-4)10-17(3)15(18)13(14)11-8-6-5-7-9-11/h5-9,12H,10H2,1-4H3. The summed E-state index contributed by atoms with van der Waals surface area (Å²) in [6.45, 7) is 0.583. The van der Waals surface area contributed by atoms with Crippen LogP contribution in [-0.4, -0.2) is 56.6 Å². The topological polar surface area (TPSA) is 32.8 Å². The molecule has 4 heteroatoms. The molecule has 0 spiro atoms. The number of nitrogens with zero attached hydrogens (tertiary/aromatic N) is 2. The first kappa shape index (κ1) is 13.6. The Balaban J connectivity index is 2.62. The number of hydrogen-bond donors (Lipinski definition) is 0. The van der Waals surface area contributed by atoms with Crippen LogP contribution in [0, 0.1) is 0 Å². The Bertz CT molecular complexity index is 494. The van der Waals surface area contributed by atoms with Crippen molar-refractivity contribution in [3.05, 3.63) is 41.6 Å². The molecule has 0 aliphatic carbocycles. The van der Waals surface area contributed by atoms with Gasteiger partial charge in [-0.25, -0.2) is 0 Å². The van der Waals surface area contributed by atoms with Gasteiger partial charge in [0.25, 0.3) is 5.91 Å². The summed E-state index contributed by atoms with van der Waals surface area (Å²) in [5, 5.41) is 0. The quantitative estimate of drug-likeness (QED) is 0.824. The van der Waals surface area contributed by atoms with E-state index in [1.165, 1.54) is 0 Å². The molecule has 4 nitrogen and oxygen atoms in total. The molecule has 0 saturated heterocycles. The van der Waals surface area contributed by atoms with Crippen molar-refractivity contribution in [2.45, 2.75) is 6.10 Å². The van der Waals surface area contributed by atoms with Gasteiger partial charge in [-0.1, -0.05) is 30.3 Å². The molecule has 1 heterocycles. The van der Waals surface area contributed by atoms with E-state index < -0.39 is 0 Å². The van der Waals surface area contributed by atoms with E-state index in [1.807, 2.05) is 56.4 Å². The summed E-state index contributed by atoms with van der Waals surface area (Å²) in [6, 6.07) is 9.76. The van der Waals surface area contributed by atoms with Crippen molar-refractivity contribution >= 4 is 11.5 Å². The molecule has 19 heavy (non-hydrogen) atoms. The summed E-state index contributed by atoms with van der Waals surface area (Å²) in [6.07, 6.45) is -0.0899. The van der Waals surface area contributed by atoms with Gasteiger partial charge in [-0.2, -0.15) is 0 Å². The second kappa shape index (κ2) is 5.45. The monoisotopic (exact) mass is 260 g/mol. The van der Waals surface area contributed by atoms with Crippen LogP contribution in [0.2, 0.25) is 0 Å². The first-order valence-electron chi connectivity index (χ1n) is 6.31. The molecule has 0 bridgehead atoms. The van der Waals surface area contributed by atoms with Crippen LogP contribution < -0.4 is 0 Å². The molecule has 1 aromatic rings. The minimum Gasteiger partial charge on any atom is -0.378 e. The number of ether oxygens (including phenoxy) is 1. The SMILES string of the molecule is COC1CN(C)C(=O)C(c2ccccc2)=C1N(C)C. The highest BCUT2D eigenvalue weighted by molar-refractivity contribution is 6.21. The normalized spacial score (nSPS) is 19.9. The Labute approximate surface area is 114 Å². The van der Waals surface area contributed by atoms with Crippen LogP contribution in [0.25, 0.3) is 5.57 Å². The Morgan fingerprint density at radius 3 is 2.42 bits per heavy atom. The van der Waals surface area contributed by atoms with Gasteiger partial charge in [0.15, 0.2) is 0 Å². The largest absolute Gasteiger partial charge is 0.378 e. The molecule has 0 radical (unpaired) electrons. The number of likely N-dealkylation sites (N-methyl/N-ethyl adjacent to an activating group) is 2. The number of carbonyl (C=O) groups is 1. The predicted molar refractivity (Wildman–Crippen MR) is 75.5 cm³/mol. The van der Waals surface area contributed by atoms with E-state index in [9.17, 15) is 4.79 Å². The van der Waals surface area contributed by atoms with Crippen molar-refractivity contribution in [2.75, 3.05) is 34.8 Å². The molecule has 102 valence electrons. The summed E-state index contributed by atoms with van der Waals surface area (Å²) in [4.78, 5) is 16.2. The minimum absolute atomic E-state index is 0.0446. The van der Waals surface area contributed by atoms with E-state index in [4.69, 9.17) is 4.74 Å². The zero-order valence-electron chi connectivity index (χ0n) is 11.9.